The molecule has 0 aromatic carbocycles. The summed E-state index contributed by atoms with van der Waals surface area (Å²) in [4.78, 5) is 20.7. The normalized spacial score (nSPS) is 18.8. The van der Waals surface area contributed by atoms with Gasteiger partial charge in [0.2, 0.25) is 11.6 Å². The summed E-state index contributed by atoms with van der Waals surface area (Å²) in [5, 5.41) is 6.60. The number of hydrogen-bond donors (Lipinski definition) is 2. The fourth-order valence-corrected chi connectivity index (χ4v) is 3.79. The van der Waals surface area contributed by atoms with Crippen molar-refractivity contribution < 1.29 is 19.0 Å². The SMILES string of the molecule is CCOC(C#Cc1cnc(Cl)nc1NC1CCCCCC1CNC(=O)OC(C)(C)C)OCC. The topological polar surface area (TPSA) is 94.6 Å². The van der Waals surface area contributed by atoms with Gasteiger partial charge in [0.25, 0.3) is 0 Å². The summed E-state index contributed by atoms with van der Waals surface area (Å²) < 4.78 is 16.4. The number of nitrogens with zero attached hydrogens (tertiary/aromatic N) is 2. The van der Waals surface area contributed by atoms with Crippen molar-refractivity contribution in [1.29, 1.82) is 0 Å². The summed E-state index contributed by atoms with van der Waals surface area (Å²) in [6.07, 6.45) is 5.89. The second-order valence-corrected chi connectivity index (χ2v) is 9.28. The number of amides is 1. The zero-order chi connectivity index (χ0) is 24.3. The van der Waals surface area contributed by atoms with Gasteiger partial charge in [0.05, 0.1) is 5.56 Å². The quantitative estimate of drug-likeness (QED) is 0.239. The van der Waals surface area contributed by atoms with Gasteiger partial charge in [-0.05, 0) is 70.9 Å². The molecule has 9 heteroatoms. The van der Waals surface area contributed by atoms with Gasteiger partial charge in [0.1, 0.15) is 11.4 Å². The second kappa shape index (κ2) is 13.6. The third-order valence-corrected chi connectivity index (χ3v) is 5.29. The van der Waals surface area contributed by atoms with E-state index < -0.39 is 18.0 Å². The van der Waals surface area contributed by atoms with Crippen molar-refractivity contribution in [3.05, 3.63) is 17.0 Å². The molecule has 0 aliphatic heterocycles. The summed E-state index contributed by atoms with van der Waals surface area (Å²) >= 11 is 6.10. The van der Waals surface area contributed by atoms with Crippen LogP contribution in [0.25, 0.3) is 0 Å². The number of anilines is 1. The van der Waals surface area contributed by atoms with E-state index in [4.69, 9.17) is 25.8 Å². The van der Waals surface area contributed by atoms with Crippen molar-refractivity contribution in [2.75, 3.05) is 25.1 Å². The van der Waals surface area contributed by atoms with Crippen molar-refractivity contribution in [1.82, 2.24) is 15.3 Å². The maximum atomic E-state index is 12.2. The number of nitrogens with one attached hydrogen (secondary N) is 2. The highest BCUT2D eigenvalue weighted by molar-refractivity contribution is 6.28. The third kappa shape index (κ3) is 10.2. The molecule has 1 amide bonds. The van der Waals surface area contributed by atoms with Gasteiger partial charge in [-0.1, -0.05) is 25.2 Å². The Bertz CT molecular complexity index is 813. The monoisotopic (exact) mass is 480 g/mol. The lowest BCUT2D eigenvalue weighted by molar-refractivity contribution is -0.0969. The molecule has 1 aromatic rings. The summed E-state index contributed by atoms with van der Waals surface area (Å²) in [5.74, 6) is 6.85. The maximum absolute atomic E-state index is 12.2. The van der Waals surface area contributed by atoms with Gasteiger partial charge in [-0.3, -0.25) is 0 Å². The molecule has 1 aliphatic rings. The lowest BCUT2D eigenvalue weighted by Crippen LogP contribution is -2.40. The number of rotatable bonds is 8. The first-order valence-corrected chi connectivity index (χ1v) is 12.1. The van der Waals surface area contributed by atoms with Crippen LogP contribution >= 0.6 is 11.6 Å². The van der Waals surface area contributed by atoms with E-state index in [1.165, 1.54) is 0 Å². The van der Waals surface area contributed by atoms with Crippen molar-refractivity contribution in [3.8, 4) is 11.8 Å². The van der Waals surface area contributed by atoms with Crippen LogP contribution in [0.4, 0.5) is 10.6 Å². The van der Waals surface area contributed by atoms with E-state index in [1.807, 2.05) is 34.6 Å². The fraction of sp³-hybridized carbons (Fsp3) is 0.708. The molecule has 2 rings (SSSR count). The highest BCUT2D eigenvalue weighted by atomic mass is 35.5. The third-order valence-electron chi connectivity index (χ3n) is 5.11. The Morgan fingerprint density at radius 3 is 2.58 bits per heavy atom. The van der Waals surface area contributed by atoms with Crippen molar-refractivity contribution in [2.24, 2.45) is 5.92 Å². The van der Waals surface area contributed by atoms with Crippen LogP contribution in [-0.2, 0) is 14.2 Å². The molecule has 0 radical (unpaired) electrons. The van der Waals surface area contributed by atoms with E-state index in [-0.39, 0.29) is 17.2 Å². The molecule has 0 saturated heterocycles. The van der Waals surface area contributed by atoms with Crippen molar-refractivity contribution in [2.45, 2.75) is 84.7 Å². The molecule has 0 bridgehead atoms. The summed E-state index contributed by atoms with van der Waals surface area (Å²) in [6, 6.07) is 0.100. The van der Waals surface area contributed by atoms with Gasteiger partial charge in [-0.25, -0.2) is 9.78 Å². The van der Waals surface area contributed by atoms with E-state index in [9.17, 15) is 4.79 Å². The van der Waals surface area contributed by atoms with E-state index in [0.29, 0.717) is 31.1 Å². The minimum absolute atomic E-state index is 0.100. The summed E-state index contributed by atoms with van der Waals surface area (Å²) in [6.45, 7) is 10.9. The van der Waals surface area contributed by atoms with E-state index in [2.05, 4.69) is 32.4 Å². The minimum atomic E-state index is -0.618. The van der Waals surface area contributed by atoms with E-state index in [0.717, 1.165) is 32.1 Å². The molecule has 33 heavy (non-hydrogen) atoms. The van der Waals surface area contributed by atoms with E-state index in [1.54, 1.807) is 6.20 Å². The minimum Gasteiger partial charge on any atom is -0.444 e. The molecular weight excluding hydrogens is 444 g/mol. The Morgan fingerprint density at radius 2 is 1.91 bits per heavy atom. The number of ether oxygens (including phenoxy) is 3. The van der Waals surface area contributed by atoms with Gasteiger partial charge in [0, 0.05) is 32.0 Å². The number of aromatic nitrogens is 2. The first-order valence-electron chi connectivity index (χ1n) is 11.7. The number of carbonyl (C=O) groups excluding carboxylic acids is 1. The Hall–Kier alpha value is -2.08. The molecule has 0 spiro atoms. The number of alkyl carbamates (subject to hydrolysis) is 1. The Kier molecular flexibility index (Phi) is 11.2. The zero-order valence-electron chi connectivity index (χ0n) is 20.4. The first kappa shape index (κ1) is 27.2. The van der Waals surface area contributed by atoms with Crippen molar-refractivity contribution >= 4 is 23.5 Å². The van der Waals surface area contributed by atoms with Gasteiger partial charge in [0.15, 0.2) is 0 Å². The molecule has 184 valence electrons. The molecule has 1 heterocycles. The predicted molar refractivity (Wildman–Crippen MR) is 129 cm³/mol. The number of carbonyl (C=O) groups is 1. The van der Waals surface area contributed by atoms with Gasteiger partial charge < -0.3 is 24.8 Å². The lowest BCUT2D eigenvalue weighted by atomic mass is 9.94. The van der Waals surface area contributed by atoms with Gasteiger partial charge in [-0.2, -0.15) is 4.98 Å². The highest BCUT2D eigenvalue weighted by Crippen LogP contribution is 2.27. The Morgan fingerprint density at radius 1 is 1.21 bits per heavy atom. The summed E-state index contributed by atoms with van der Waals surface area (Å²) in [7, 11) is 0. The molecule has 2 N–H and O–H groups in total. The van der Waals surface area contributed by atoms with E-state index >= 15 is 0 Å². The highest BCUT2D eigenvalue weighted by Gasteiger charge is 2.26. The average molecular weight is 481 g/mol. The van der Waals surface area contributed by atoms with Crippen LogP contribution in [0.15, 0.2) is 6.20 Å². The van der Waals surface area contributed by atoms with Crippen LogP contribution in [0.3, 0.4) is 0 Å². The molecule has 1 fully saturated rings. The van der Waals surface area contributed by atoms with Crippen LogP contribution in [0.2, 0.25) is 5.28 Å². The molecule has 1 aliphatic carbocycles. The maximum Gasteiger partial charge on any atom is 0.407 e. The molecular formula is C24H37ClN4O4. The fourth-order valence-electron chi connectivity index (χ4n) is 3.66. The molecule has 1 saturated carbocycles. The Balaban J connectivity index is 2.16. The van der Waals surface area contributed by atoms with Crippen LogP contribution in [0, 0.1) is 17.8 Å². The van der Waals surface area contributed by atoms with Gasteiger partial charge >= 0.3 is 6.09 Å². The molecule has 2 atom stereocenters. The predicted octanol–water partition coefficient (Wildman–Crippen LogP) is 4.77. The molecule has 2 unspecified atom stereocenters. The zero-order valence-corrected chi connectivity index (χ0v) is 21.1. The first-order chi connectivity index (χ1) is 15.7. The lowest BCUT2D eigenvalue weighted by Gasteiger charge is -2.28. The molecule has 1 aromatic heterocycles. The average Bonchev–Trinajstić information content (AvgIpc) is 2.95. The smallest absolute Gasteiger partial charge is 0.407 e. The van der Waals surface area contributed by atoms with Crippen LogP contribution in [-0.4, -0.2) is 53.8 Å². The van der Waals surface area contributed by atoms with Crippen LogP contribution in [0.5, 0.6) is 0 Å². The van der Waals surface area contributed by atoms with Crippen LogP contribution in [0.1, 0.15) is 72.3 Å². The van der Waals surface area contributed by atoms with Crippen molar-refractivity contribution in [3.63, 3.8) is 0 Å². The van der Waals surface area contributed by atoms with Crippen LogP contribution < -0.4 is 10.6 Å². The summed E-state index contributed by atoms with van der Waals surface area (Å²) in [5.41, 5.74) is 0.0871. The van der Waals surface area contributed by atoms with Gasteiger partial charge in [-0.15, -0.1) is 0 Å². The number of halogens is 1. The standard InChI is InChI=1S/C24H37ClN4O4/c1-6-31-20(32-7-2)14-13-18-16-26-22(25)29-21(18)28-19-12-10-8-9-11-17(19)15-27-23(30)33-24(3,4)5/h16-17,19-20H,6-12,15H2,1-5H3,(H,27,30)(H,26,28,29). The largest absolute Gasteiger partial charge is 0.444 e. The number of hydrogen-bond acceptors (Lipinski definition) is 7. The molecule has 8 nitrogen and oxygen atoms in total. The Labute approximate surface area is 202 Å². The second-order valence-electron chi connectivity index (χ2n) is 8.94.